The number of furan rings is 1. The third kappa shape index (κ3) is 3.46. The maximum absolute atomic E-state index is 13.3. The first-order valence-electron chi connectivity index (χ1n) is 9.75. The summed E-state index contributed by atoms with van der Waals surface area (Å²) in [5, 5.41) is 3.32. The lowest BCUT2D eigenvalue weighted by Crippen LogP contribution is -2.44. The molecule has 2 aliphatic heterocycles. The minimum absolute atomic E-state index is 0.0711. The summed E-state index contributed by atoms with van der Waals surface area (Å²) in [7, 11) is 0. The van der Waals surface area contributed by atoms with E-state index in [1.807, 2.05) is 4.90 Å². The van der Waals surface area contributed by atoms with E-state index in [1.165, 1.54) is 6.07 Å². The van der Waals surface area contributed by atoms with Crippen molar-refractivity contribution in [2.24, 2.45) is 0 Å². The Kier molecular flexibility index (Phi) is 4.29. The molecule has 0 bridgehead atoms. The highest BCUT2D eigenvalue weighted by molar-refractivity contribution is 6.08. The van der Waals surface area contributed by atoms with Crippen molar-refractivity contribution in [3.8, 4) is 0 Å². The third-order valence-electron chi connectivity index (χ3n) is 5.84. The highest BCUT2D eigenvalue weighted by Gasteiger charge is 2.49. The quantitative estimate of drug-likeness (QED) is 0.841. The molecule has 156 valence electrons. The average molecular weight is 410 g/mol. The van der Waals surface area contributed by atoms with Crippen LogP contribution < -0.4 is 10.2 Å². The van der Waals surface area contributed by atoms with Crippen LogP contribution in [-0.2, 0) is 15.7 Å². The second kappa shape index (κ2) is 6.63. The molecule has 6 nitrogen and oxygen atoms in total. The van der Waals surface area contributed by atoms with Crippen LogP contribution in [0.25, 0.3) is 11.0 Å². The van der Waals surface area contributed by atoms with Gasteiger partial charge in [0, 0.05) is 18.5 Å². The predicted octanol–water partition coefficient (Wildman–Crippen LogP) is 3.34. The van der Waals surface area contributed by atoms with Gasteiger partial charge in [-0.25, -0.2) is 0 Å². The van der Waals surface area contributed by atoms with E-state index in [-0.39, 0.29) is 28.9 Å². The summed E-state index contributed by atoms with van der Waals surface area (Å²) >= 11 is 0. The van der Waals surface area contributed by atoms with Crippen molar-refractivity contribution < 1.29 is 31.9 Å². The molecule has 29 heavy (non-hydrogen) atoms. The van der Waals surface area contributed by atoms with Crippen LogP contribution in [0.2, 0.25) is 0 Å². The average Bonchev–Trinajstić information content (AvgIpc) is 3.35. The fourth-order valence-electron chi connectivity index (χ4n) is 4.14. The maximum atomic E-state index is 13.3. The lowest BCUT2D eigenvalue weighted by molar-refractivity contribution is -0.137. The number of carbonyl (C=O) groups is 1. The first-order chi connectivity index (χ1) is 13.8. The molecule has 1 aliphatic carbocycles. The molecule has 1 aromatic carbocycles. The van der Waals surface area contributed by atoms with Crippen LogP contribution in [0.4, 0.5) is 18.9 Å². The number of amides is 1. The van der Waals surface area contributed by atoms with Gasteiger partial charge < -0.3 is 24.1 Å². The largest absolute Gasteiger partial charge is 0.449 e. The zero-order valence-electron chi connectivity index (χ0n) is 15.7. The molecular weight excluding hydrogens is 389 g/mol. The number of halogens is 3. The van der Waals surface area contributed by atoms with Gasteiger partial charge in [-0.2, -0.15) is 13.2 Å². The van der Waals surface area contributed by atoms with Gasteiger partial charge >= 0.3 is 6.18 Å². The summed E-state index contributed by atoms with van der Waals surface area (Å²) in [5.74, 6) is -0.300. The van der Waals surface area contributed by atoms with Crippen molar-refractivity contribution in [3.63, 3.8) is 0 Å². The number of fused-ring (bicyclic) bond motifs is 3. The fourth-order valence-corrected chi connectivity index (χ4v) is 4.14. The first-order valence-corrected chi connectivity index (χ1v) is 9.75. The van der Waals surface area contributed by atoms with E-state index in [1.54, 1.807) is 0 Å². The Morgan fingerprint density at radius 2 is 2.07 bits per heavy atom. The summed E-state index contributed by atoms with van der Waals surface area (Å²) in [6.07, 6.45) is -2.21. The molecule has 0 radical (unpaired) electrons. The molecule has 1 saturated heterocycles. The number of rotatable bonds is 3. The van der Waals surface area contributed by atoms with E-state index in [2.05, 4.69) is 5.32 Å². The molecule has 1 saturated carbocycles. The number of ether oxygens (including phenoxy) is 2. The maximum Gasteiger partial charge on any atom is 0.416 e. The van der Waals surface area contributed by atoms with E-state index in [4.69, 9.17) is 13.9 Å². The molecule has 1 spiro atoms. The van der Waals surface area contributed by atoms with E-state index in [0.29, 0.717) is 50.4 Å². The van der Waals surface area contributed by atoms with Gasteiger partial charge in [0.2, 0.25) is 5.76 Å². The molecule has 1 aromatic heterocycles. The van der Waals surface area contributed by atoms with Crippen LogP contribution in [-0.4, -0.2) is 50.5 Å². The van der Waals surface area contributed by atoms with Crippen molar-refractivity contribution in [1.82, 2.24) is 5.32 Å². The molecule has 1 amide bonds. The summed E-state index contributed by atoms with van der Waals surface area (Å²) in [5.41, 5.74) is -0.393. The first kappa shape index (κ1) is 18.7. The molecule has 1 N–H and O–H groups in total. The highest BCUT2D eigenvalue weighted by atomic mass is 19.4. The minimum Gasteiger partial charge on any atom is -0.449 e. The van der Waals surface area contributed by atoms with Gasteiger partial charge in [0.15, 0.2) is 0 Å². The van der Waals surface area contributed by atoms with Crippen LogP contribution in [0.5, 0.6) is 0 Å². The second-order valence-electron chi connectivity index (χ2n) is 8.00. The molecule has 9 heteroatoms. The number of hydrogen-bond acceptors (Lipinski definition) is 5. The van der Waals surface area contributed by atoms with E-state index >= 15 is 0 Å². The minimum atomic E-state index is -4.47. The number of nitrogens with one attached hydrogen (secondary N) is 1. The Morgan fingerprint density at radius 3 is 2.76 bits per heavy atom. The summed E-state index contributed by atoms with van der Waals surface area (Å²) in [4.78, 5) is 14.7. The van der Waals surface area contributed by atoms with Crippen molar-refractivity contribution in [2.45, 2.75) is 37.1 Å². The Balaban J connectivity index is 1.54. The lowest BCUT2D eigenvalue weighted by atomic mass is 10.1. The zero-order valence-corrected chi connectivity index (χ0v) is 15.7. The Morgan fingerprint density at radius 1 is 1.24 bits per heavy atom. The van der Waals surface area contributed by atoms with Crippen LogP contribution in [0, 0.1) is 0 Å². The van der Waals surface area contributed by atoms with Gasteiger partial charge in [-0.05, 0) is 37.5 Å². The molecule has 2 fully saturated rings. The van der Waals surface area contributed by atoms with Gasteiger partial charge in [0.25, 0.3) is 5.91 Å². The topological polar surface area (TPSA) is 63.9 Å². The molecule has 3 aliphatic rings. The smallest absolute Gasteiger partial charge is 0.416 e. The number of nitrogens with zero attached hydrogens (tertiary/aromatic N) is 1. The zero-order chi connectivity index (χ0) is 20.2. The normalized spacial score (nSPS) is 23.8. The van der Waals surface area contributed by atoms with Crippen LogP contribution in [0.3, 0.4) is 0 Å². The van der Waals surface area contributed by atoms with E-state index in [9.17, 15) is 18.0 Å². The van der Waals surface area contributed by atoms with Crippen molar-refractivity contribution in [1.29, 1.82) is 0 Å². The highest BCUT2D eigenvalue weighted by Crippen LogP contribution is 2.45. The van der Waals surface area contributed by atoms with Crippen molar-refractivity contribution >= 4 is 22.6 Å². The predicted molar refractivity (Wildman–Crippen MR) is 98.0 cm³/mol. The number of anilines is 1. The number of alkyl halides is 3. The fraction of sp³-hybridized carbons (Fsp3) is 0.550. The van der Waals surface area contributed by atoms with Crippen molar-refractivity contribution in [2.75, 3.05) is 37.8 Å². The monoisotopic (exact) mass is 410 g/mol. The molecule has 1 atom stereocenters. The second-order valence-corrected chi connectivity index (χ2v) is 8.00. The van der Waals surface area contributed by atoms with Gasteiger partial charge in [0.1, 0.15) is 5.58 Å². The molecule has 5 rings (SSSR count). The Bertz CT molecular complexity index is 945. The molecular formula is C20H21F3N2O4. The summed E-state index contributed by atoms with van der Waals surface area (Å²) in [6, 6.07) is 3.33. The van der Waals surface area contributed by atoms with Gasteiger partial charge in [-0.15, -0.1) is 0 Å². The number of hydrogen-bond donors (Lipinski definition) is 1. The van der Waals surface area contributed by atoms with Gasteiger partial charge in [-0.1, -0.05) is 0 Å². The number of benzene rings is 1. The Hall–Kier alpha value is -2.26. The third-order valence-corrected chi connectivity index (χ3v) is 5.84. The van der Waals surface area contributed by atoms with Crippen LogP contribution in [0.1, 0.15) is 35.4 Å². The molecule has 3 heterocycles. The Labute approximate surface area is 164 Å². The summed E-state index contributed by atoms with van der Waals surface area (Å²) < 4.78 is 56.7. The van der Waals surface area contributed by atoms with E-state index < -0.39 is 11.7 Å². The molecule has 2 aromatic rings. The number of carbonyl (C=O) groups excluding carboxylic acids is 1. The van der Waals surface area contributed by atoms with Gasteiger partial charge in [0.05, 0.1) is 42.7 Å². The van der Waals surface area contributed by atoms with E-state index in [0.717, 1.165) is 25.0 Å². The lowest BCUT2D eigenvalue weighted by Gasteiger charge is -2.29. The van der Waals surface area contributed by atoms with Crippen LogP contribution >= 0.6 is 0 Å². The standard InChI is InChI=1S/C20H21F3N2O4/c21-20(22,23)12-1-2-15-14(9-12)16-17(29-15)18(26)24-19(4-5-19)11-25(16)6-3-13-10-27-7-8-28-13/h1-2,9,13H,3-8,10-11H2,(H,24,26). The van der Waals surface area contributed by atoms with Crippen LogP contribution in [0.15, 0.2) is 22.6 Å². The SMILES string of the molecule is O=C1NC2(CC2)CN(CCC2COCCO2)c2c1oc1ccc(C(F)(F)F)cc21. The summed E-state index contributed by atoms with van der Waals surface area (Å²) in [6.45, 7) is 2.65. The van der Waals surface area contributed by atoms with Crippen molar-refractivity contribution in [3.05, 3.63) is 29.5 Å². The molecule has 1 unspecified atom stereocenters. The van der Waals surface area contributed by atoms with Gasteiger partial charge in [-0.3, -0.25) is 4.79 Å².